The number of aromatic nitrogens is 1. The van der Waals surface area contributed by atoms with E-state index in [1.54, 1.807) is 11.3 Å². The minimum Gasteiger partial charge on any atom is -0.314 e. The van der Waals surface area contributed by atoms with Crippen molar-refractivity contribution in [2.75, 3.05) is 32.7 Å². The first-order valence-electron chi connectivity index (χ1n) is 4.88. The second kappa shape index (κ2) is 5.21. The van der Waals surface area contributed by atoms with Gasteiger partial charge in [-0.15, -0.1) is 11.3 Å². The standard InChI is InChI=1S/C9H14BrN3S/c10-8-7-12-9(14-8)1-4-13-5-2-11-3-6-13/h7,11H,1-6H2. The Kier molecular flexibility index (Phi) is 3.92. The van der Waals surface area contributed by atoms with Gasteiger partial charge in [0.2, 0.25) is 0 Å². The Morgan fingerprint density at radius 2 is 2.29 bits per heavy atom. The summed E-state index contributed by atoms with van der Waals surface area (Å²) in [6.45, 7) is 5.74. The molecule has 0 amide bonds. The summed E-state index contributed by atoms with van der Waals surface area (Å²) in [6, 6.07) is 0. The van der Waals surface area contributed by atoms with E-state index in [4.69, 9.17) is 0 Å². The van der Waals surface area contributed by atoms with E-state index in [0.717, 1.165) is 29.8 Å². The van der Waals surface area contributed by atoms with Gasteiger partial charge in [-0.1, -0.05) is 0 Å². The van der Waals surface area contributed by atoms with Crippen LogP contribution in [-0.4, -0.2) is 42.6 Å². The zero-order valence-corrected chi connectivity index (χ0v) is 10.4. The molecule has 0 spiro atoms. The molecule has 3 nitrogen and oxygen atoms in total. The third-order valence-electron chi connectivity index (χ3n) is 2.38. The second-order valence-electron chi connectivity index (χ2n) is 3.40. The zero-order valence-electron chi connectivity index (χ0n) is 8.00. The first-order valence-corrected chi connectivity index (χ1v) is 6.49. The van der Waals surface area contributed by atoms with Gasteiger partial charge in [0.05, 0.1) is 15.0 Å². The lowest BCUT2D eigenvalue weighted by Crippen LogP contribution is -2.44. The Labute approximate surface area is 96.7 Å². The van der Waals surface area contributed by atoms with Crippen LogP contribution in [0.4, 0.5) is 0 Å². The van der Waals surface area contributed by atoms with Crippen LogP contribution >= 0.6 is 27.3 Å². The molecule has 1 aliphatic rings. The number of rotatable bonds is 3. The number of nitrogens with zero attached hydrogens (tertiary/aromatic N) is 2. The SMILES string of the molecule is Brc1cnc(CCN2CCNCC2)s1. The molecule has 0 saturated carbocycles. The molecular weight excluding hydrogens is 262 g/mol. The molecule has 2 heterocycles. The van der Waals surface area contributed by atoms with Crippen molar-refractivity contribution >= 4 is 27.3 Å². The van der Waals surface area contributed by atoms with Crippen LogP contribution in [0.3, 0.4) is 0 Å². The quantitative estimate of drug-likeness (QED) is 0.903. The maximum atomic E-state index is 4.33. The number of piperazine rings is 1. The van der Waals surface area contributed by atoms with Gasteiger partial charge in [-0.25, -0.2) is 4.98 Å². The van der Waals surface area contributed by atoms with E-state index in [1.807, 2.05) is 6.20 Å². The summed E-state index contributed by atoms with van der Waals surface area (Å²) in [5, 5.41) is 4.59. The molecule has 78 valence electrons. The summed E-state index contributed by atoms with van der Waals surface area (Å²) in [6.07, 6.45) is 2.97. The van der Waals surface area contributed by atoms with Gasteiger partial charge in [0, 0.05) is 39.1 Å². The van der Waals surface area contributed by atoms with Crippen LogP contribution < -0.4 is 5.32 Å². The maximum absolute atomic E-state index is 4.33. The molecule has 5 heteroatoms. The predicted molar refractivity (Wildman–Crippen MR) is 62.8 cm³/mol. The van der Waals surface area contributed by atoms with Crippen molar-refractivity contribution in [2.45, 2.75) is 6.42 Å². The van der Waals surface area contributed by atoms with Crippen molar-refractivity contribution < 1.29 is 0 Å². The molecule has 1 aromatic heterocycles. The van der Waals surface area contributed by atoms with E-state index in [0.29, 0.717) is 0 Å². The normalized spacial score (nSPS) is 18.6. The van der Waals surface area contributed by atoms with Crippen LogP contribution in [0.2, 0.25) is 0 Å². The van der Waals surface area contributed by atoms with Gasteiger partial charge >= 0.3 is 0 Å². The van der Waals surface area contributed by atoms with E-state index in [-0.39, 0.29) is 0 Å². The number of hydrogen-bond donors (Lipinski definition) is 1. The highest BCUT2D eigenvalue weighted by Gasteiger charge is 2.09. The third kappa shape index (κ3) is 3.02. The molecule has 0 unspecified atom stereocenters. The van der Waals surface area contributed by atoms with Gasteiger partial charge in [-0.3, -0.25) is 0 Å². The highest BCUT2D eigenvalue weighted by atomic mass is 79.9. The molecule has 1 saturated heterocycles. The average Bonchev–Trinajstić information content (AvgIpc) is 2.63. The molecule has 1 aliphatic heterocycles. The number of nitrogens with one attached hydrogen (secondary N) is 1. The maximum Gasteiger partial charge on any atom is 0.0949 e. The fourth-order valence-electron chi connectivity index (χ4n) is 1.59. The predicted octanol–water partition coefficient (Wildman–Crippen LogP) is 1.35. The highest BCUT2D eigenvalue weighted by Crippen LogP contribution is 2.19. The molecule has 2 rings (SSSR count). The van der Waals surface area contributed by atoms with E-state index in [1.165, 1.54) is 18.1 Å². The lowest BCUT2D eigenvalue weighted by Gasteiger charge is -2.26. The number of halogens is 1. The molecule has 0 bridgehead atoms. The lowest BCUT2D eigenvalue weighted by molar-refractivity contribution is 0.244. The summed E-state index contributed by atoms with van der Waals surface area (Å²) in [7, 11) is 0. The van der Waals surface area contributed by atoms with E-state index < -0.39 is 0 Å². The number of hydrogen-bond acceptors (Lipinski definition) is 4. The van der Waals surface area contributed by atoms with Gasteiger partial charge in [0.25, 0.3) is 0 Å². The van der Waals surface area contributed by atoms with Crippen molar-refractivity contribution in [1.29, 1.82) is 0 Å². The molecule has 14 heavy (non-hydrogen) atoms. The number of thiazole rings is 1. The van der Waals surface area contributed by atoms with Crippen LogP contribution in [0.1, 0.15) is 5.01 Å². The van der Waals surface area contributed by atoms with Crippen molar-refractivity contribution in [3.63, 3.8) is 0 Å². The molecule has 1 fully saturated rings. The van der Waals surface area contributed by atoms with Crippen molar-refractivity contribution in [1.82, 2.24) is 15.2 Å². The first-order chi connectivity index (χ1) is 6.84. The van der Waals surface area contributed by atoms with Gasteiger partial charge in [0.15, 0.2) is 0 Å². The topological polar surface area (TPSA) is 28.2 Å². The lowest BCUT2D eigenvalue weighted by atomic mass is 10.3. The fraction of sp³-hybridized carbons (Fsp3) is 0.667. The summed E-state index contributed by atoms with van der Waals surface area (Å²) < 4.78 is 1.13. The van der Waals surface area contributed by atoms with E-state index in [2.05, 4.69) is 31.1 Å². The van der Waals surface area contributed by atoms with Gasteiger partial charge in [0.1, 0.15) is 0 Å². The Morgan fingerprint density at radius 1 is 1.50 bits per heavy atom. The van der Waals surface area contributed by atoms with Crippen molar-refractivity contribution in [3.05, 3.63) is 15.0 Å². The van der Waals surface area contributed by atoms with Crippen molar-refractivity contribution in [3.8, 4) is 0 Å². The van der Waals surface area contributed by atoms with Crippen LogP contribution in [0, 0.1) is 0 Å². The van der Waals surface area contributed by atoms with Gasteiger partial charge in [-0.2, -0.15) is 0 Å². The monoisotopic (exact) mass is 275 g/mol. The molecule has 0 radical (unpaired) electrons. The van der Waals surface area contributed by atoms with Crippen molar-refractivity contribution in [2.24, 2.45) is 0 Å². The first kappa shape index (κ1) is 10.5. The molecule has 0 atom stereocenters. The third-order valence-corrected chi connectivity index (χ3v) is 3.91. The fourth-order valence-corrected chi connectivity index (χ4v) is 2.88. The highest BCUT2D eigenvalue weighted by molar-refractivity contribution is 9.11. The average molecular weight is 276 g/mol. The Hall–Kier alpha value is 0.0300. The minimum atomic E-state index is 1.08. The molecular formula is C9H14BrN3S. The van der Waals surface area contributed by atoms with E-state index in [9.17, 15) is 0 Å². The Morgan fingerprint density at radius 3 is 2.93 bits per heavy atom. The smallest absolute Gasteiger partial charge is 0.0949 e. The molecule has 1 N–H and O–H groups in total. The molecule has 1 aromatic rings. The molecule has 0 aliphatic carbocycles. The van der Waals surface area contributed by atoms with Crippen LogP contribution in [-0.2, 0) is 6.42 Å². The summed E-state index contributed by atoms with van der Waals surface area (Å²) >= 11 is 5.17. The van der Waals surface area contributed by atoms with Crippen LogP contribution in [0.25, 0.3) is 0 Å². The largest absolute Gasteiger partial charge is 0.314 e. The second-order valence-corrected chi connectivity index (χ2v) is 5.89. The summed E-state index contributed by atoms with van der Waals surface area (Å²) in [5.74, 6) is 0. The summed E-state index contributed by atoms with van der Waals surface area (Å²) in [5.41, 5.74) is 0. The Bertz CT molecular complexity index is 283. The van der Waals surface area contributed by atoms with Crippen LogP contribution in [0.15, 0.2) is 9.98 Å². The minimum absolute atomic E-state index is 1.08. The zero-order chi connectivity index (χ0) is 9.80. The van der Waals surface area contributed by atoms with Crippen LogP contribution in [0.5, 0.6) is 0 Å². The summed E-state index contributed by atoms with van der Waals surface area (Å²) in [4.78, 5) is 6.82. The Balaban J connectivity index is 1.76. The molecule has 0 aromatic carbocycles. The van der Waals surface area contributed by atoms with E-state index >= 15 is 0 Å². The van der Waals surface area contributed by atoms with Gasteiger partial charge < -0.3 is 10.2 Å². The van der Waals surface area contributed by atoms with Gasteiger partial charge in [-0.05, 0) is 15.9 Å².